The molecule has 0 amide bonds. The summed E-state index contributed by atoms with van der Waals surface area (Å²) in [5, 5.41) is 13.8. The van der Waals surface area contributed by atoms with Crippen LogP contribution >= 0.6 is 0 Å². The quantitative estimate of drug-likeness (QED) is 0.827. The van der Waals surface area contributed by atoms with Crippen LogP contribution in [0.15, 0.2) is 52.4 Å². The minimum absolute atomic E-state index is 0.0242. The third kappa shape index (κ3) is 3.07. The van der Waals surface area contributed by atoms with Gasteiger partial charge < -0.3 is 10.0 Å². The summed E-state index contributed by atoms with van der Waals surface area (Å²) in [7, 11) is 1.99. The van der Waals surface area contributed by atoms with Crippen molar-refractivity contribution in [2.75, 3.05) is 33.2 Å². The maximum absolute atomic E-state index is 14.3. The summed E-state index contributed by atoms with van der Waals surface area (Å²) in [5.74, 6) is -1.09. The van der Waals surface area contributed by atoms with E-state index in [0.29, 0.717) is 13.1 Å². The van der Waals surface area contributed by atoms with Gasteiger partial charge in [-0.3, -0.25) is 15.1 Å². The zero-order chi connectivity index (χ0) is 20.1. The van der Waals surface area contributed by atoms with Gasteiger partial charge in [-0.1, -0.05) is 12.2 Å². The van der Waals surface area contributed by atoms with Crippen molar-refractivity contribution in [3.05, 3.63) is 69.8 Å². The Bertz CT molecular complexity index is 1080. The highest BCUT2D eigenvalue weighted by molar-refractivity contribution is 6.20. The number of hydrogen-bond donors (Lipinski definition) is 2. The second-order valence-electron chi connectivity index (χ2n) is 7.79. The largest absolute Gasteiger partial charge is 0.480 e. The topological polar surface area (TPSA) is 68.2 Å². The molecule has 1 aromatic rings. The molecule has 0 radical (unpaired) electrons. The molecule has 0 fully saturated rings. The monoisotopic (exact) mass is 392 g/mol. The summed E-state index contributed by atoms with van der Waals surface area (Å²) in [6.07, 6.45) is 8.79. The first-order valence-electron chi connectivity index (χ1n) is 9.65. The average Bonchev–Trinajstić information content (AvgIpc) is 3.00. The van der Waals surface area contributed by atoms with Gasteiger partial charge in [0, 0.05) is 49.6 Å². The maximum atomic E-state index is 14.3. The van der Waals surface area contributed by atoms with Gasteiger partial charge in [0.25, 0.3) is 0 Å². The van der Waals surface area contributed by atoms with Gasteiger partial charge in [0.1, 0.15) is 5.82 Å². The molecule has 0 atom stereocenters. The summed E-state index contributed by atoms with van der Waals surface area (Å²) in [4.78, 5) is 15.2. The van der Waals surface area contributed by atoms with Crippen LogP contribution in [0, 0.1) is 5.82 Å². The van der Waals surface area contributed by atoms with Crippen LogP contribution in [0.25, 0.3) is 11.6 Å². The summed E-state index contributed by atoms with van der Waals surface area (Å²) < 4.78 is 14.3. The number of carboxylic acid groups (broad SMARTS) is 1. The van der Waals surface area contributed by atoms with Crippen molar-refractivity contribution in [3.8, 4) is 0 Å². The third-order valence-electron chi connectivity index (χ3n) is 5.69. The number of fused-ring (bicyclic) bond motifs is 2. The molecular weight excluding hydrogens is 371 g/mol. The lowest BCUT2D eigenvalue weighted by Gasteiger charge is -2.33. The minimum Gasteiger partial charge on any atom is -0.480 e. The zero-order valence-corrected chi connectivity index (χ0v) is 16.1. The van der Waals surface area contributed by atoms with E-state index in [2.05, 4.69) is 21.5 Å². The van der Waals surface area contributed by atoms with Crippen molar-refractivity contribution < 1.29 is 14.3 Å². The number of carbonyl (C=O) groups is 1. The smallest absolute Gasteiger partial charge is 0.317 e. The maximum Gasteiger partial charge on any atom is 0.317 e. The molecule has 6 nitrogen and oxygen atoms in total. The Labute approximate surface area is 168 Å². The molecule has 2 N–H and O–H groups in total. The van der Waals surface area contributed by atoms with E-state index in [9.17, 15) is 9.18 Å². The fourth-order valence-electron chi connectivity index (χ4n) is 4.49. The first kappa shape index (κ1) is 17.9. The van der Waals surface area contributed by atoms with E-state index in [-0.39, 0.29) is 12.4 Å². The van der Waals surface area contributed by atoms with Crippen molar-refractivity contribution in [1.29, 1.82) is 0 Å². The molecule has 0 aromatic heterocycles. The molecule has 3 heterocycles. The van der Waals surface area contributed by atoms with E-state index in [1.54, 1.807) is 6.07 Å². The Hall–Kier alpha value is -3.19. The highest BCUT2D eigenvalue weighted by Crippen LogP contribution is 2.39. The van der Waals surface area contributed by atoms with E-state index in [1.165, 1.54) is 6.07 Å². The number of rotatable bonds is 3. The van der Waals surface area contributed by atoms with Gasteiger partial charge >= 0.3 is 5.97 Å². The Morgan fingerprint density at radius 2 is 2.17 bits per heavy atom. The molecule has 29 heavy (non-hydrogen) atoms. The molecule has 3 aliphatic heterocycles. The predicted molar refractivity (Wildman–Crippen MR) is 110 cm³/mol. The second kappa shape index (κ2) is 6.70. The van der Waals surface area contributed by atoms with Crippen LogP contribution in [-0.4, -0.2) is 59.8 Å². The molecule has 0 spiro atoms. The number of allylic oxidation sites excluding steroid dienone is 2. The van der Waals surface area contributed by atoms with Gasteiger partial charge in [-0.15, -0.1) is 0 Å². The molecule has 1 aliphatic carbocycles. The second-order valence-corrected chi connectivity index (χ2v) is 7.79. The van der Waals surface area contributed by atoms with Crippen LogP contribution in [0.3, 0.4) is 0 Å². The number of aliphatic carboxylic acids is 1. The number of carboxylic acids is 1. The Kier molecular flexibility index (Phi) is 4.13. The number of halogens is 1. The van der Waals surface area contributed by atoms with E-state index in [1.807, 2.05) is 30.3 Å². The number of nitrogens with one attached hydrogen (secondary N) is 1. The predicted octanol–water partition coefficient (Wildman–Crippen LogP) is 2.42. The minimum atomic E-state index is -0.821. The Balaban J connectivity index is 1.62. The lowest BCUT2D eigenvalue weighted by Crippen LogP contribution is -2.37. The lowest BCUT2D eigenvalue weighted by atomic mass is 9.88. The molecule has 0 unspecified atom stereocenters. The van der Waals surface area contributed by atoms with Gasteiger partial charge in [0.2, 0.25) is 0 Å². The van der Waals surface area contributed by atoms with Crippen LogP contribution < -0.4 is 5.43 Å². The van der Waals surface area contributed by atoms with Crippen molar-refractivity contribution in [1.82, 2.24) is 15.2 Å². The van der Waals surface area contributed by atoms with Crippen molar-refractivity contribution in [2.24, 2.45) is 5.10 Å². The fraction of sp³-hybridized carbons (Fsp3) is 0.273. The van der Waals surface area contributed by atoms with E-state index in [4.69, 9.17) is 5.11 Å². The molecule has 0 bridgehead atoms. The van der Waals surface area contributed by atoms with E-state index >= 15 is 0 Å². The van der Waals surface area contributed by atoms with Gasteiger partial charge in [-0.2, -0.15) is 5.10 Å². The SMILES string of the molecule is CN1C=C2C(=C(C3=CCCN(CC(=O)O)C3)C1)NN=C1C=Cc3cc(F)cc2c31. The van der Waals surface area contributed by atoms with Crippen LogP contribution in [-0.2, 0) is 4.79 Å². The molecule has 0 saturated heterocycles. The summed E-state index contributed by atoms with van der Waals surface area (Å²) >= 11 is 0. The number of benzene rings is 1. The van der Waals surface area contributed by atoms with Crippen molar-refractivity contribution in [3.63, 3.8) is 0 Å². The van der Waals surface area contributed by atoms with Crippen LogP contribution in [0.1, 0.15) is 23.1 Å². The molecule has 5 rings (SSSR count). The normalized spacial score (nSPS) is 20.3. The molecule has 0 saturated carbocycles. The highest BCUT2D eigenvalue weighted by Gasteiger charge is 2.31. The average molecular weight is 392 g/mol. The molecule has 1 aromatic carbocycles. The Morgan fingerprint density at radius 1 is 1.31 bits per heavy atom. The summed E-state index contributed by atoms with van der Waals surface area (Å²) in [6, 6.07) is 3.11. The summed E-state index contributed by atoms with van der Waals surface area (Å²) in [5.41, 5.74) is 10.6. The van der Waals surface area contributed by atoms with E-state index < -0.39 is 5.97 Å². The van der Waals surface area contributed by atoms with Gasteiger partial charge in [-0.05, 0) is 41.3 Å². The van der Waals surface area contributed by atoms with Crippen molar-refractivity contribution >= 4 is 23.3 Å². The first-order chi connectivity index (χ1) is 14.0. The van der Waals surface area contributed by atoms with Gasteiger partial charge in [-0.25, -0.2) is 4.39 Å². The van der Waals surface area contributed by atoms with E-state index in [0.717, 1.165) is 57.8 Å². The number of hydrazone groups is 1. The first-order valence-corrected chi connectivity index (χ1v) is 9.65. The van der Waals surface area contributed by atoms with Gasteiger partial charge in [0.15, 0.2) is 0 Å². The Morgan fingerprint density at radius 3 is 3.00 bits per heavy atom. The number of nitrogens with zero attached hydrogens (tertiary/aromatic N) is 3. The summed E-state index contributed by atoms with van der Waals surface area (Å²) in [6.45, 7) is 2.01. The molecule has 4 aliphatic rings. The standard InChI is InChI=1S/C22H21FN4O2/c1-26-10-17(14-3-2-6-27(9-14)12-20(28)29)22-18(11-26)16-8-15(23)7-13-4-5-19(21(13)16)24-25-22/h3-5,7-8,11,25H,2,6,9-10,12H2,1H3,(H,28,29). The van der Waals surface area contributed by atoms with Crippen LogP contribution in [0.2, 0.25) is 0 Å². The highest BCUT2D eigenvalue weighted by atomic mass is 19.1. The third-order valence-corrected chi connectivity index (χ3v) is 5.69. The van der Waals surface area contributed by atoms with Crippen LogP contribution in [0.4, 0.5) is 4.39 Å². The molecular formula is C22H21FN4O2. The number of hydrogen-bond acceptors (Lipinski definition) is 5. The number of likely N-dealkylation sites (N-methyl/N-ethyl adjacent to an activating group) is 1. The molecule has 148 valence electrons. The zero-order valence-electron chi connectivity index (χ0n) is 16.1. The van der Waals surface area contributed by atoms with Crippen molar-refractivity contribution in [2.45, 2.75) is 6.42 Å². The van der Waals surface area contributed by atoms with Gasteiger partial charge in [0.05, 0.1) is 18.0 Å². The molecule has 7 heteroatoms. The lowest BCUT2D eigenvalue weighted by molar-refractivity contribution is -0.138. The van der Waals surface area contributed by atoms with Crippen LogP contribution in [0.5, 0.6) is 0 Å². The fourth-order valence-corrected chi connectivity index (χ4v) is 4.49.